The van der Waals surface area contributed by atoms with Gasteiger partial charge in [-0.3, -0.25) is 4.90 Å². The molecule has 0 radical (unpaired) electrons. The molecule has 6 nitrogen and oxygen atoms in total. The van der Waals surface area contributed by atoms with Crippen molar-refractivity contribution in [1.29, 1.82) is 0 Å². The van der Waals surface area contributed by atoms with Crippen molar-refractivity contribution >= 4 is 11.8 Å². The summed E-state index contributed by atoms with van der Waals surface area (Å²) in [4.78, 5) is 11.0. The first-order valence-electron chi connectivity index (χ1n) is 6.35. The maximum absolute atomic E-state index is 5.32. The van der Waals surface area contributed by atoms with E-state index >= 15 is 0 Å². The van der Waals surface area contributed by atoms with Gasteiger partial charge in [-0.2, -0.15) is 4.98 Å². The number of nitrogens with one attached hydrogen (secondary N) is 2. The number of rotatable bonds is 5. The number of hydrogen-bond acceptors (Lipinski definition) is 6. The quantitative estimate of drug-likeness (QED) is 0.798. The van der Waals surface area contributed by atoms with E-state index in [1.807, 2.05) is 20.2 Å². The van der Waals surface area contributed by atoms with E-state index in [-0.39, 0.29) is 0 Å². The van der Waals surface area contributed by atoms with Crippen molar-refractivity contribution < 1.29 is 4.74 Å². The van der Waals surface area contributed by atoms with Crippen molar-refractivity contribution in [2.24, 2.45) is 0 Å². The van der Waals surface area contributed by atoms with Gasteiger partial charge in [-0.1, -0.05) is 0 Å². The van der Waals surface area contributed by atoms with Crippen LogP contribution < -0.4 is 10.6 Å². The minimum absolute atomic E-state index is 0.648. The predicted molar refractivity (Wildman–Crippen MR) is 72.1 cm³/mol. The summed E-state index contributed by atoms with van der Waals surface area (Å²) in [5.74, 6) is 1.55. The van der Waals surface area contributed by atoms with Gasteiger partial charge in [0.05, 0.1) is 13.2 Å². The van der Waals surface area contributed by atoms with Gasteiger partial charge in [0.1, 0.15) is 5.82 Å². The van der Waals surface area contributed by atoms with Gasteiger partial charge in [0.2, 0.25) is 5.95 Å². The van der Waals surface area contributed by atoms with Gasteiger partial charge in [-0.25, -0.2) is 4.98 Å². The van der Waals surface area contributed by atoms with Crippen molar-refractivity contribution in [3.8, 4) is 0 Å². The van der Waals surface area contributed by atoms with Crippen LogP contribution in [0.4, 0.5) is 11.8 Å². The van der Waals surface area contributed by atoms with E-state index in [1.165, 1.54) is 0 Å². The van der Waals surface area contributed by atoms with Crippen LogP contribution in [-0.2, 0) is 4.74 Å². The van der Waals surface area contributed by atoms with Crippen LogP contribution in [0, 0.1) is 6.92 Å². The lowest BCUT2D eigenvalue weighted by Crippen LogP contribution is -2.39. The zero-order valence-corrected chi connectivity index (χ0v) is 11.1. The second-order valence-electron chi connectivity index (χ2n) is 4.36. The van der Waals surface area contributed by atoms with Crippen LogP contribution >= 0.6 is 0 Å². The van der Waals surface area contributed by atoms with Gasteiger partial charge in [0.25, 0.3) is 0 Å². The molecule has 1 aromatic heterocycles. The molecular weight excluding hydrogens is 230 g/mol. The van der Waals surface area contributed by atoms with Gasteiger partial charge < -0.3 is 15.4 Å². The number of aryl methyl sites for hydroxylation is 1. The molecule has 1 aromatic rings. The standard InChI is InChI=1S/C12H21N5O/c1-10-9-15-12(13-2)16-11(10)14-3-4-17-5-7-18-8-6-17/h9H,3-8H2,1-2H3,(H2,13,14,15,16). The molecule has 0 aliphatic carbocycles. The first kappa shape index (κ1) is 13.0. The van der Waals surface area contributed by atoms with E-state index in [4.69, 9.17) is 4.74 Å². The summed E-state index contributed by atoms with van der Waals surface area (Å²) in [6.45, 7) is 7.64. The van der Waals surface area contributed by atoms with E-state index < -0.39 is 0 Å². The molecule has 0 atom stereocenters. The summed E-state index contributed by atoms with van der Waals surface area (Å²) in [6.07, 6.45) is 1.83. The Balaban J connectivity index is 1.81. The molecule has 0 spiro atoms. The lowest BCUT2D eigenvalue weighted by molar-refractivity contribution is 0.0398. The average Bonchev–Trinajstić information content (AvgIpc) is 2.42. The fraction of sp³-hybridized carbons (Fsp3) is 0.667. The van der Waals surface area contributed by atoms with E-state index in [1.54, 1.807) is 0 Å². The van der Waals surface area contributed by atoms with Crippen molar-refractivity contribution in [1.82, 2.24) is 14.9 Å². The zero-order valence-electron chi connectivity index (χ0n) is 11.1. The molecule has 2 N–H and O–H groups in total. The monoisotopic (exact) mass is 251 g/mol. The maximum atomic E-state index is 5.32. The highest BCUT2D eigenvalue weighted by molar-refractivity contribution is 5.46. The normalized spacial score (nSPS) is 16.6. The molecule has 0 amide bonds. The Morgan fingerprint density at radius 3 is 2.89 bits per heavy atom. The van der Waals surface area contributed by atoms with E-state index in [9.17, 15) is 0 Å². The molecule has 18 heavy (non-hydrogen) atoms. The SMILES string of the molecule is CNc1ncc(C)c(NCCN2CCOCC2)n1. The second-order valence-corrected chi connectivity index (χ2v) is 4.36. The molecule has 0 aromatic carbocycles. The molecule has 2 heterocycles. The minimum Gasteiger partial charge on any atom is -0.379 e. The van der Waals surface area contributed by atoms with Gasteiger partial charge in [-0.05, 0) is 6.92 Å². The van der Waals surface area contributed by atoms with Crippen molar-refractivity contribution in [2.45, 2.75) is 6.92 Å². The summed E-state index contributed by atoms with van der Waals surface area (Å²) < 4.78 is 5.32. The fourth-order valence-corrected chi connectivity index (χ4v) is 1.90. The third-order valence-electron chi connectivity index (χ3n) is 3.02. The Kier molecular flexibility index (Phi) is 4.72. The van der Waals surface area contributed by atoms with Gasteiger partial charge in [-0.15, -0.1) is 0 Å². The van der Waals surface area contributed by atoms with Crippen LogP contribution in [0.25, 0.3) is 0 Å². The fourth-order valence-electron chi connectivity index (χ4n) is 1.90. The highest BCUT2D eigenvalue weighted by atomic mass is 16.5. The smallest absolute Gasteiger partial charge is 0.224 e. The molecule has 1 aliphatic heterocycles. The zero-order chi connectivity index (χ0) is 12.8. The highest BCUT2D eigenvalue weighted by Crippen LogP contribution is 2.11. The Bertz CT molecular complexity index is 379. The number of aromatic nitrogens is 2. The van der Waals surface area contributed by atoms with Crippen molar-refractivity contribution in [3.05, 3.63) is 11.8 Å². The number of morpholine rings is 1. The van der Waals surface area contributed by atoms with Gasteiger partial charge in [0.15, 0.2) is 0 Å². The van der Waals surface area contributed by atoms with Crippen LogP contribution in [0.15, 0.2) is 6.20 Å². The molecule has 0 unspecified atom stereocenters. The molecule has 1 aliphatic rings. The Labute approximate surface area is 108 Å². The second kappa shape index (κ2) is 6.51. The number of anilines is 2. The number of ether oxygens (including phenoxy) is 1. The summed E-state index contributed by atoms with van der Waals surface area (Å²) in [5, 5.41) is 6.31. The molecule has 2 rings (SSSR count). The maximum Gasteiger partial charge on any atom is 0.224 e. The third-order valence-corrected chi connectivity index (χ3v) is 3.02. The molecule has 0 saturated carbocycles. The third kappa shape index (κ3) is 3.54. The van der Waals surface area contributed by atoms with Crippen molar-refractivity contribution in [3.63, 3.8) is 0 Å². The number of hydrogen-bond donors (Lipinski definition) is 2. The molecule has 6 heteroatoms. The minimum atomic E-state index is 0.648. The lowest BCUT2D eigenvalue weighted by Gasteiger charge is -2.26. The first-order valence-corrected chi connectivity index (χ1v) is 6.35. The molecular formula is C12H21N5O. The summed E-state index contributed by atoms with van der Waals surface area (Å²) in [6, 6.07) is 0. The summed E-state index contributed by atoms with van der Waals surface area (Å²) >= 11 is 0. The molecule has 1 saturated heterocycles. The topological polar surface area (TPSA) is 62.3 Å². The van der Waals surface area contributed by atoms with E-state index in [2.05, 4.69) is 25.5 Å². The predicted octanol–water partition coefficient (Wildman–Crippen LogP) is 0.571. The lowest BCUT2D eigenvalue weighted by atomic mass is 10.3. The largest absolute Gasteiger partial charge is 0.379 e. The summed E-state index contributed by atoms with van der Waals surface area (Å²) in [5.41, 5.74) is 1.07. The van der Waals surface area contributed by atoms with E-state index in [0.717, 1.165) is 50.8 Å². The Morgan fingerprint density at radius 2 is 2.17 bits per heavy atom. The first-order chi connectivity index (χ1) is 8.79. The Hall–Kier alpha value is -1.40. The highest BCUT2D eigenvalue weighted by Gasteiger charge is 2.09. The molecule has 100 valence electrons. The van der Waals surface area contributed by atoms with Gasteiger partial charge >= 0.3 is 0 Å². The van der Waals surface area contributed by atoms with Crippen LogP contribution in [0.1, 0.15) is 5.56 Å². The summed E-state index contributed by atoms with van der Waals surface area (Å²) in [7, 11) is 1.82. The molecule has 1 fully saturated rings. The van der Waals surface area contributed by atoms with Crippen LogP contribution in [0.5, 0.6) is 0 Å². The van der Waals surface area contributed by atoms with E-state index in [0.29, 0.717) is 5.95 Å². The van der Waals surface area contributed by atoms with Crippen LogP contribution in [-0.4, -0.2) is 61.3 Å². The number of nitrogens with zero attached hydrogens (tertiary/aromatic N) is 3. The van der Waals surface area contributed by atoms with Crippen LogP contribution in [0.2, 0.25) is 0 Å². The average molecular weight is 251 g/mol. The van der Waals surface area contributed by atoms with Crippen LogP contribution in [0.3, 0.4) is 0 Å². The van der Waals surface area contributed by atoms with Gasteiger partial charge in [0, 0.05) is 45.0 Å². The molecule has 0 bridgehead atoms. The Morgan fingerprint density at radius 1 is 1.39 bits per heavy atom. The van der Waals surface area contributed by atoms with Crippen molar-refractivity contribution in [2.75, 3.05) is 57.1 Å².